The maximum absolute atomic E-state index is 13.7. The first-order valence-electron chi connectivity index (χ1n) is 10.4. The number of aryl methyl sites for hydroxylation is 1. The molecule has 1 aromatic carbocycles. The molecule has 1 aliphatic heterocycles. The number of nitrogens with zero attached hydrogens (tertiary/aromatic N) is 5. The molecule has 0 amide bonds. The van der Waals surface area contributed by atoms with Crippen LogP contribution in [0.5, 0.6) is 0 Å². The number of aromatic nitrogens is 6. The molecule has 1 aliphatic rings. The number of pyridine rings is 1. The molecule has 0 radical (unpaired) electrons. The molecule has 0 saturated carbocycles. The molecular weight excluding hydrogens is 562 g/mol. The van der Waals surface area contributed by atoms with Gasteiger partial charge in [-0.2, -0.15) is 0 Å². The number of H-pyrrole nitrogens is 1. The van der Waals surface area contributed by atoms with Crippen molar-refractivity contribution in [2.24, 2.45) is 11.0 Å². The van der Waals surface area contributed by atoms with Crippen LogP contribution >= 0.6 is 0 Å². The van der Waals surface area contributed by atoms with Crippen LogP contribution in [0.15, 0.2) is 36.7 Å². The molecule has 34 heavy (non-hydrogen) atoms. The number of hydrogen-bond acceptors (Lipinski definition) is 6. The van der Waals surface area contributed by atoms with Crippen LogP contribution in [-0.2, 0) is 29.8 Å². The fraction of sp³-hybridized carbons (Fsp3) is 0.364. The van der Waals surface area contributed by atoms with Gasteiger partial charge in [0, 0.05) is 0 Å². The normalized spacial score (nSPS) is 16.6. The van der Waals surface area contributed by atoms with Crippen molar-refractivity contribution in [2.45, 2.75) is 18.0 Å². The molecule has 8 nitrogen and oxygen atoms in total. The van der Waals surface area contributed by atoms with E-state index in [0.717, 1.165) is 17.5 Å². The number of nitrogens with two attached hydrogens (primary N) is 1. The van der Waals surface area contributed by atoms with E-state index in [1.165, 1.54) is 0 Å². The molecule has 0 aliphatic carbocycles. The van der Waals surface area contributed by atoms with Gasteiger partial charge in [0.25, 0.3) is 0 Å². The summed E-state index contributed by atoms with van der Waals surface area (Å²) >= 11 is -3.16. The number of benzene rings is 1. The fourth-order valence-electron chi connectivity index (χ4n) is 4.18. The van der Waals surface area contributed by atoms with E-state index in [4.69, 9.17) is 8.68 Å². The summed E-state index contributed by atoms with van der Waals surface area (Å²) in [4.78, 5) is 7.49. The van der Waals surface area contributed by atoms with Gasteiger partial charge in [0.15, 0.2) is 0 Å². The molecule has 4 aromatic rings. The molecule has 0 spiro atoms. The molecule has 3 aromatic heterocycles. The monoisotopic (exact) mass is 586 g/mol. The van der Waals surface area contributed by atoms with E-state index < -0.39 is 30.6 Å². The van der Waals surface area contributed by atoms with Crippen LogP contribution in [0, 0.1) is 3.70 Å². The Hall–Kier alpha value is -2.58. The zero-order chi connectivity index (χ0) is 24.3. The Morgan fingerprint density at radius 1 is 1.24 bits per heavy atom. The predicted octanol–water partition coefficient (Wildman–Crippen LogP) is -0.254. The van der Waals surface area contributed by atoms with Crippen LogP contribution in [0.4, 0.5) is 13.2 Å². The second kappa shape index (κ2) is 7.99. The van der Waals surface area contributed by atoms with Crippen molar-refractivity contribution < 1.29 is 36.6 Å². The van der Waals surface area contributed by atoms with Crippen LogP contribution in [0.1, 0.15) is 17.1 Å². The predicted molar refractivity (Wildman–Crippen MR) is 116 cm³/mol. The van der Waals surface area contributed by atoms with Crippen molar-refractivity contribution in [1.29, 1.82) is 0 Å². The van der Waals surface area contributed by atoms with Gasteiger partial charge in [-0.3, -0.25) is 0 Å². The summed E-state index contributed by atoms with van der Waals surface area (Å²) in [6.45, 7) is 1.04. The fourth-order valence-corrected chi connectivity index (χ4v) is 6.87. The molecule has 0 bridgehead atoms. The van der Waals surface area contributed by atoms with E-state index in [2.05, 4.69) is 25.4 Å². The molecule has 1 saturated heterocycles. The quantitative estimate of drug-likeness (QED) is 0.145. The number of alkyl halides is 5. The van der Waals surface area contributed by atoms with E-state index in [1.54, 1.807) is 16.2 Å². The minimum absolute atomic E-state index is 0.290. The SMILES string of the molecule is Cn1cnnc1CC1(c2cccc(-c3n[nH]c4c([I-](C)(C)N)nc(C(F)(F)F)cc34)c2)COC1. The molecule has 4 heterocycles. The van der Waals surface area contributed by atoms with Gasteiger partial charge in [-0.05, 0) is 0 Å². The second-order valence-corrected chi connectivity index (χ2v) is 17.4. The Kier molecular flexibility index (Phi) is 5.44. The van der Waals surface area contributed by atoms with Gasteiger partial charge in [0.1, 0.15) is 0 Å². The molecule has 1 fully saturated rings. The van der Waals surface area contributed by atoms with Crippen LogP contribution < -0.4 is 22.7 Å². The summed E-state index contributed by atoms with van der Waals surface area (Å²) < 4.78 is 55.1. The van der Waals surface area contributed by atoms with Gasteiger partial charge in [-0.1, -0.05) is 0 Å². The first-order valence-corrected chi connectivity index (χ1v) is 17.0. The number of ether oxygens (including phenoxy) is 1. The Morgan fingerprint density at radius 2 is 2.00 bits per heavy atom. The summed E-state index contributed by atoms with van der Waals surface area (Å²) in [5.41, 5.74) is 1.38. The van der Waals surface area contributed by atoms with E-state index in [-0.39, 0.29) is 9.12 Å². The summed E-state index contributed by atoms with van der Waals surface area (Å²) in [5, 5.41) is 15.8. The van der Waals surface area contributed by atoms with Gasteiger partial charge < -0.3 is 0 Å². The van der Waals surface area contributed by atoms with Gasteiger partial charge in [0.2, 0.25) is 0 Å². The number of fused-ring (bicyclic) bond motifs is 1. The Labute approximate surface area is 198 Å². The van der Waals surface area contributed by atoms with Gasteiger partial charge in [0.05, 0.1) is 0 Å². The third-order valence-electron chi connectivity index (χ3n) is 6.07. The number of nitrogens with one attached hydrogen (secondary N) is 1. The number of aromatic amines is 1. The van der Waals surface area contributed by atoms with E-state index in [1.807, 2.05) is 35.9 Å². The Balaban J connectivity index is 1.63. The first-order chi connectivity index (χ1) is 16.0. The van der Waals surface area contributed by atoms with E-state index in [0.29, 0.717) is 41.8 Å². The maximum atomic E-state index is 13.7. The van der Waals surface area contributed by atoms with Crippen molar-refractivity contribution in [3.8, 4) is 11.3 Å². The standard InChI is InChI=1S/C22H24F3IN7O/c1-26(2,27)20-19-15(8-16(29-20)22(23,24)25)18(31-32-19)13-5-4-6-14(7-13)21(10-34-11-21)9-17-30-28-12-33(17)3/h4-8,12H,9-11,27H2,1-3H3,(H,31,32)/q-1. The molecule has 3 N–H and O–H groups in total. The minimum atomic E-state index is -4.59. The molecule has 12 heteroatoms. The molecular formula is C22H24F3IN7O-. The summed E-state index contributed by atoms with van der Waals surface area (Å²) in [7, 11) is 1.89. The van der Waals surface area contributed by atoms with E-state index >= 15 is 0 Å². The van der Waals surface area contributed by atoms with Crippen LogP contribution in [0.25, 0.3) is 22.2 Å². The number of hydrogen-bond donors (Lipinski definition) is 2. The first kappa shape index (κ1) is 23.2. The third kappa shape index (κ3) is 3.96. The number of halogens is 4. The molecule has 0 unspecified atom stereocenters. The second-order valence-electron chi connectivity index (χ2n) is 8.98. The topological polar surface area (TPSA) is 108 Å². The average molecular weight is 586 g/mol. The molecule has 182 valence electrons. The van der Waals surface area contributed by atoms with Crippen molar-refractivity contribution in [3.05, 3.63) is 57.4 Å². The van der Waals surface area contributed by atoms with Gasteiger partial charge in [-0.25, -0.2) is 0 Å². The van der Waals surface area contributed by atoms with Crippen molar-refractivity contribution in [3.63, 3.8) is 0 Å². The van der Waals surface area contributed by atoms with E-state index in [9.17, 15) is 13.2 Å². The average Bonchev–Trinajstić information content (AvgIpc) is 3.34. The third-order valence-corrected chi connectivity index (χ3v) is 9.48. The van der Waals surface area contributed by atoms with Crippen LogP contribution in [-0.4, -0.2) is 53.0 Å². The van der Waals surface area contributed by atoms with Gasteiger partial charge in [-0.15, -0.1) is 0 Å². The molecule has 0 atom stereocenters. The van der Waals surface area contributed by atoms with Crippen LogP contribution in [0.3, 0.4) is 0 Å². The summed E-state index contributed by atoms with van der Waals surface area (Å²) in [6.07, 6.45) is -2.30. The Bertz CT molecular complexity index is 1370. The van der Waals surface area contributed by atoms with Crippen molar-refractivity contribution >= 4 is 10.9 Å². The number of rotatable bonds is 5. The van der Waals surface area contributed by atoms with Crippen molar-refractivity contribution in [1.82, 2.24) is 29.9 Å². The zero-order valence-electron chi connectivity index (χ0n) is 18.8. The summed E-state index contributed by atoms with van der Waals surface area (Å²) in [5.74, 6) is 0.834. The summed E-state index contributed by atoms with van der Waals surface area (Å²) in [6, 6.07) is 8.76. The Morgan fingerprint density at radius 3 is 2.59 bits per heavy atom. The van der Waals surface area contributed by atoms with Crippen LogP contribution in [0.2, 0.25) is 0 Å². The molecule has 5 rings (SSSR count). The zero-order valence-corrected chi connectivity index (χ0v) is 21.0. The van der Waals surface area contributed by atoms with Crippen molar-refractivity contribution in [2.75, 3.05) is 23.1 Å². The van der Waals surface area contributed by atoms with Gasteiger partial charge >= 0.3 is 198 Å².